The maximum absolute atomic E-state index is 11.4. The molecule has 76 valence electrons. The van der Waals surface area contributed by atoms with E-state index in [1.807, 2.05) is 0 Å². The summed E-state index contributed by atoms with van der Waals surface area (Å²) in [6.45, 7) is 0. The summed E-state index contributed by atoms with van der Waals surface area (Å²) >= 11 is 0. The third-order valence-corrected chi connectivity index (χ3v) is 2.55. The smallest absolute Gasteiger partial charge is 0.251 e. The van der Waals surface area contributed by atoms with Gasteiger partial charge in [-0.3, -0.25) is 4.79 Å². The molecule has 1 N–H and O–H groups in total. The predicted molar refractivity (Wildman–Crippen MR) is 54.5 cm³/mol. The highest BCUT2D eigenvalue weighted by Gasteiger charge is 2.25. The van der Waals surface area contributed by atoms with Crippen LogP contribution in [0.15, 0.2) is 33.9 Å². The molecule has 4 heteroatoms. The summed E-state index contributed by atoms with van der Waals surface area (Å²) < 4.78 is 4.96. The standard InChI is InChI=1S/C11H10N2O2/c14-10-5-9(7-1-2-7)12-11(13-10)8-3-4-15-6-8/h3-7H,1-2H2,(H,12,13,14). The summed E-state index contributed by atoms with van der Waals surface area (Å²) in [7, 11) is 0. The quantitative estimate of drug-likeness (QED) is 0.809. The molecular weight excluding hydrogens is 192 g/mol. The van der Waals surface area contributed by atoms with Crippen LogP contribution in [0.2, 0.25) is 0 Å². The molecule has 0 unspecified atom stereocenters. The number of nitrogens with one attached hydrogen (secondary N) is 1. The number of hydrogen-bond acceptors (Lipinski definition) is 3. The highest BCUT2D eigenvalue weighted by atomic mass is 16.3. The van der Waals surface area contributed by atoms with Crippen LogP contribution in [0.25, 0.3) is 11.4 Å². The molecule has 1 saturated carbocycles. The molecule has 0 radical (unpaired) electrons. The first kappa shape index (κ1) is 8.47. The lowest BCUT2D eigenvalue weighted by Crippen LogP contribution is -2.09. The van der Waals surface area contributed by atoms with Gasteiger partial charge in [-0.1, -0.05) is 0 Å². The molecule has 2 aromatic rings. The average Bonchev–Trinajstić information content (AvgIpc) is 2.93. The fourth-order valence-corrected chi connectivity index (χ4v) is 1.60. The van der Waals surface area contributed by atoms with E-state index in [0.717, 1.165) is 24.1 Å². The van der Waals surface area contributed by atoms with Crippen molar-refractivity contribution >= 4 is 0 Å². The second-order valence-corrected chi connectivity index (χ2v) is 3.81. The third-order valence-electron chi connectivity index (χ3n) is 2.55. The second-order valence-electron chi connectivity index (χ2n) is 3.81. The third kappa shape index (κ3) is 1.58. The fraction of sp³-hybridized carbons (Fsp3) is 0.273. The van der Waals surface area contributed by atoms with Gasteiger partial charge in [-0.15, -0.1) is 0 Å². The molecule has 2 heterocycles. The summed E-state index contributed by atoms with van der Waals surface area (Å²) in [4.78, 5) is 18.5. The molecular formula is C11H10N2O2. The first-order valence-corrected chi connectivity index (χ1v) is 4.97. The van der Waals surface area contributed by atoms with E-state index >= 15 is 0 Å². The molecule has 1 aliphatic carbocycles. The van der Waals surface area contributed by atoms with E-state index in [-0.39, 0.29) is 5.56 Å². The summed E-state index contributed by atoms with van der Waals surface area (Å²) in [5, 5.41) is 0. The van der Waals surface area contributed by atoms with E-state index < -0.39 is 0 Å². The number of furan rings is 1. The molecule has 0 aromatic carbocycles. The van der Waals surface area contributed by atoms with Gasteiger partial charge in [-0.2, -0.15) is 0 Å². The Morgan fingerprint density at radius 1 is 1.47 bits per heavy atom. The normalized spacial score (nSPS) is 15.5. The van der Waals surface area contributed by atoms with Crippen LogP contribution >= 0.6 is 0 Å². The van der Waals surface area contributed by atoms with Crippen molar-refractivity contribution in [2.45, 2.75) is 18.8 Å². The van der Waals surface area contributed by atoms with Crippen LogP contribution in [0.5, 0.6) is 0 Å². The monoisotopic (exact) mass is 202 g/mol. The van der Waals surface area contributed by atoms with E-state index in [4.69, 9.17) is 4.42 Å². The first-order valence-electron chi connectivity index (χ1n) is 4.97. The minimum absolute atomic E-state index is 0.0944. The molecule has 0 aliphatic heterocycles. The molecule has 0 saturated heterocycles. The van der Waals surface area contributed by atoms with Gasteiger partial charge in [0.15, 0.2) is 0 Å². The van der Waals surface area contributed by atoms with Gasteiger partial charge < -0.3 is 9.40 Å². The molecule has 1 fully saturated rings. The Balaban J connectivity index is 2.11. The van der Waals surface area contributed by atoms with E-state index in [1.165, 1.54) is 0 Å². The van der Waals surface area contributed by atoms with Crippen molar-refractivity contribution in [2.75, 3.05) is 0 Å². The summed E-state index contributed by atoms with van der Waals surface area (Å²) in [6.07, 6.45) is 5.43. The van der Waals surface area contributed by atoms with Crippen molar-refractivity contribution in [3.05, 3.63) is 40.7 Å². The lowest BCUT2D eigenvalue weighted by molar-refractivity contribution is 0.568. The second kappa shape index (κ2) is 3.08. The van der Waals surface area contributed by atoms with Crippen molar-refractivity contribution in [1.29, 1.82) is 0 Å². The molecule has 0 bridgehead atoms. The van der Waals surface area contributed by atoms with Gasteiger partial charge in [0.2, 0.25) is 0 Å². The largest absolute Gasteiger partial charge is 0.472 e. The van der Waals surface area contributed by atoms with Gasteiger partial charge in [0.25, 0.3) is 5.56 Å². The molecule has 0 amide bonds. The minimum atomic E-state index is -0.0944. The number of aromatic nitrogens is 2. The summed E-state index contributed by atoms with van der Waals surface area (Å²) in [5.74, 6) is 1.08. The van der Waals surface area contributed by atoms with Crippen LogP contribution in [0.4, 0.5) is 0 Å². The average molecular weight is 202 g/mol. The van der Waals surface area contributed by atoms with E-state index in [0.29, 0.717) is 11.7 Å². The maximum atomic E-state index is 11.4. The Hall–Kier alpha value is -1.84. The van der Waals surface area contributed by atoms with Gasteiger partial charge in [0, 0.05) is 12.0 Å². The Morgan fingerprint density at radius 3 is 3.00 bits per heavy atom. The fourth-order valence-electron chi connectivity index (χ4n) is 1.60. The highest BCUT2D eigenvalue weighted by Crippen LogP contribution is 2.38. The maximum Gasteiger partial charge on any atom is 0.251 e. The first-order chi connectivity index (χ1) is 7.33. The summed E-state index contributed by atoms with van der Waals surface area (Å²) in [5.41, 5.74) is 1.62. The van der Waals surface area contributed by atoms with Gasteiger partial charge in [0.05, 0.1) is 17.5 Å². The zero-order chi connectivity index (χ0) is 10.3. The summed E-state index contributed by atoms with van der Waals surface area (Å²) in [6, 6.07) is 3.37. The predicted octanol–water partition coefficient (Wildman–Crippen LogP) is 1.91. The van der Waals surface area contributed by atoms with E-state index in [1.54, 1.807) is 24.7 Å². The number of aromatic amines is 1. The zero-order valence-corrected chi connectivity index (χ0v) is 8.06. The Labute approximate surface area is 86.0 Å². The van der Waals surface area contributed by atoms with E-state index in [9.17, 15) is 4.79 Å². The molecule has 0 spiro atoms. The lowest BCUT2D eigenvalue weighted by Gasteiger charge is -2.00. The van der Waals surface area contributed by atoms with E-state index in [2.05, 4.69) is 9.97 Å². The molecule has 4 nitrogen and oxygen atoms in total. The molecule has 2 aromatic heterocycles. The van der Waals surface area contributed by atoms with Gasteiger partial charge >= 0.3 is 0 Å². The molecule has 0 atom stereocenters. The van der Waals surface area contributed by atoms with Crippen LogP contribution in [-0.2, 0) is 0 Å². The minimum Gasteiger partial charge on any atom is -0.472 e. The van der Waals surface area contributed by atoms with Crippen molar-refractivity contribution in [3.63, 3.8) is 0 Å². The lowest BCUT2D eigenvalue weighted by atomic mass is 10.2. The molecule has 3 rings (SSSR count). The van der Waals surface area contributed by atoms with Crippen molar-refractivity contribution in [2.24, 2.45) is 0 Å². The number of hydrogen-bond donors (Lipinski definition) is 1. The molecule has 1 aliphatic rings. The van der Waals surface area contributed by atoms with Gasteiger partial charge in [-0.05, 0) is 18.9 Å². The van der Waals surface area contributed by atoms with Crippen LogP contribution in [0.1, 0.15) is 24.5 Å². The SMILES string of the molecule is O=c1cc(C2CC2)nc(-c2ccoc2)[nH]1. The van der Waals surface area contributed by atoms with Gasteiger partial charge in [0.1, 0.15) is 12.1 Å². The van der Waals surface area contributed by atoms with Crippen LogP contribution in [-0.4, -0.2) is 9.97 Å². The number of nitrogens with zero attached hydrogens (tertiary/aromatic N) is 1. The molecule has 15 heavy (non-hydrogen) atoms. The van der Waals surface area contributed by atoms with Crippen molar-refractivity contribution in [3.8, 4) is 11.4 Å². The van der Waals surface area contributed by atoms with Crippen LogP contribution in [0, 0.1) is 0 Å². The number of H-pyrrole nitrogens is 1. The Bertz CT molecular complexity index is 524. The van der Waals surface area contributed by atoms with Crippen LogP contribution in [0.3, 0.4) is 0 Å². The zero-order valence-electron chi connectivity index (χ0n) is 8.06. The van der Waals surface area contributed by atoms with Crippen molar-refractivity contribution < 1.29 is 4.42 Å². The highest BCUT2D eigenvalue weighted by molar-refractivity contribution is 5.52. The Kier molecular flexibility index (Phi) is 1.74. The van der Waals surface area contributed by atoms with Crippen LogP contribution < -0.4 is 5.56 Å². The van der Waals surface area contributed by atoms with Gasteiger partial charge in [-0.25, -0.2) is 4.98 Å². The number of rotatable bonds is 2. The topological polar surface area (TPSA) is 58.9 Å². The van der Waals surface area contributed by atoms with Crippen molar-refractivity contribution in [1.82, 2.24) is 9.97 Å². The Morgan fingerprint density at radius 2 is 2.33 bits per heavy atom.